The molecule has 0 amide bonds. The molecule has 0 spiro atoms. The number of carbonyl (C=O) groups is 1. The molecule has 4 heteroatoms. The molecule has 0 radical (unpaired) electrons. The molecule has 2 heterocycles. The van der Waals surface area contributed by atoms with Crippen LogP contribution in [0.2, 0.25) is 0 Å². The van der Waals surface area contributed by atoms with Gasteiger partial charge in [0, 0.05) is 23.5 Å². The van der Waals surface area contributed by atoms with Crippen molar-refractivity contribution in [2.24, 2.45) is 5.92 Å². The topological polar surface area (TPSA) is 42.2 Å². The molecular weight excluding hydrogens is 293 g/mol. The minimum Gasteiger partial charge on any atom is -0.481 e. The number of rotatable bonds is 3. The fraction of sp³-hybridized carbons (Fsp3) is 0.526. The molecule has 2 aliphatic rings. The molecule has 1 saturated carbocycles. The second-order valence-corrected chi connectivity index (χ2v) is 7.15. The molecule has 3 nitrogen and oxygen atoms in total. The van der Waals surface area contributed by atoms with Gasteiger partial charge in [0.2, 0.25) is 0 Å². The first-order valence-corrected chi connectivity index (χ1v) is 8.61. The van der Waals surface area contributed by atoms with Crippen molar-refractivity contribution < 1.29 is 14.3 Å². The van der Waals surface area contributed by atoms with Crippen LogP contribution in [0.15, 0.2) is 18.2 Å². The van der Waals surface area contributed by atoms with E-state index in [1.165, 1.54) is 12.8 Å². The molecule has 4 rings (SSSR count). The molecule has 1 aromatic carbocycles. The van der Waals surface area contributed by atoms with Crippen molar-refractivity contribution in [2.75, 3.05) is 0 Å². The Hall–Kier alpha value is -1.84. The van der Waals surface area contributed by atoms with E-state index in [-0.39, 0.29) is 11.7 Å². The van der Waals surface area contributed by atoms with Gasteiger partial charge in [0.15, 0.2) is 0 Å². The lowest BCUT2D eigenvalue weighted by Crippen LogP contribution is -2.17. The zero-order chi connectivity index (χ0) is 16.1. The summed E-state index contributed by atoms with van der Waals surface area (Å²) in [7, 11) is 0. The highest BCUT2D eigenvalue weighted by Gasteiger charge is 2.33. The fourth-order valence-electron chi connectivity index (χ4n) is 4.60. The Bertz CT molecular complexity index is 773. The van der Waals surface area contributed by atoms with Crippen LogP contribution in [0, 0.1) is 11.7 Å². The van der Waals surface area contributed by atoms with Crippen LogP contribution in [-0.4, -0.2) is 15.6 Å². The Balaban J connectivity index is 1.85. The molecule has 2 atom stereocenters. The summed E-state index contributed by atoms with van der Waals surface area (Å²) in [5.74, 6) is -0.850. The van der Waals surface area contributed by atoms with Gasteiger partial charge in [-0.25, -0.2) is 4.39 Å². The molecule has 23 heavy (non-hydrogen) atoms. The Labute approximate surface area is 135 Å². The van der Waals surface area contributed by atoms with E-state index < -0.39 is 11.9 Å². The monoisotopic (exact) mass is 315 g/mol. The van der Waals surface area contributed by atoms with E-state index in [2.05, 4.69) is 10.6 Å². The maximum absolute atomic E-state index is 14.2. The van der Waals surface area contributed by atoms with E-state index in [9.17, 15) is 14.3 Å². The van der Waals surface area contributed by atoms with E-state index >= 15 is 0 Å². The first-order chi connectivity index (χ1) is 11.1. The lowest BCUT2D eigenvalue weighted by atomic mass is 9.89. The second kappa shape index (κ2) is 5.36. The molecule has 1 aromatic heterocycles. The smallest absolute Gasteiger partial charge is 0.306 e. The SMILES string of the molecule is CC(C(=O)O)C1CCn2c1cc1c(C3CCCC3)cc(F)cc12. The number of carboxylic acid groups (broad SMARTS) is 1. The van der Waals surface area contributed by atoms with Crippen LogP contribution in [0.1, 0.15) is 62.1 Å². The number of nitrogens with zero attached hydrogens (tertiary/aromatic N) is 1. The molecule has 1 fully saturated rings. The number of aryl methyl sites for hydroxylation is 1. The third-order valence-electron chi connectivity index (χ3n) is 5.88. The van der Waals surface area contributed by atoms with Crippen molar-refractivity contribution in [1.82, 2.24) is 4.57 Å². The van der Waals surface area contributed by atoms with Gasteiger partial charge in [-0.1, -0.05) is 19.8 Å². The van der Waals surface area contributed by atoms with E-state index in [0.29, 0.717) is 5.92 Å². The van der Waals surface area contributed by atoms with Crippen LogP contribution in [0.4, 0.5) is 4.39 Å². The van der Waals surface area contributed by atoms with Crippen molar-refractivity contribution in [3.8, 4) is 0 Å². The number of hydrogen-bond acceptors (Lipinski definition) is 1. The molecule has 1 aliphatic carbocycles. The molecule has 122 valence electrons. The average molecular weight is 315 g/mol. The third kappa shape index (κ3) is 2.27. The second-order valence-electron chi connectivity index (χ2n) is 7.15. The largest absolute Gasteiger partial charge is 0.481 e. The maximum Gasteiger partial charge on any atom is 0.306 e. The standard InChI is InChI=1S/C19H22FNO2/c1-11(19(22)23)14-6-7-21-17-9-13(20)8-15(12-4-2-3-5-12)16(17)10-18(14)21/h8-12,14H,2-7H2,1H3,(H,22,23). The number of aliphatic carboxylic acids is 1. The number of fused-ring (bicyclic) bond motifs is 3. The van der Waals surface area contributed by atoms with E-state index in [0.717, 1.165) is 48.0 Å². The van der Waals surface area contributed by atoms with Crippen LogP contribution in [0.3, 0.4) is 0 Å². The first kappa shape index (κ1) is 14.7. The van der Waals surface area contributed by atoms with Gasteiger partial charge >= 0.3 is 5.97 Å². The van der Waals surface area contributed by atoms with E-state index in [1.807, 2.05) is 0 Å². The zero-order valence-corrected chi connectivity index (χ0v) is 13.4. The molecule has 2 aromatic rings. The van der Waals surface area contributed by atoms with E-state index in [4.69, 9.17) is 0 Å². The normalized spacial score (nSPS) is 22.6. The average Bonchev–Trinajstić information content (AvgIpc) is 3.22. The molecule has 0 saturated heterocycles. The van der Waals surface area contributed by atoms with Crippen molar-refractivity contribution in [3.05, 3.63) is 35.3 Å². The highest BCUT2D eigenvalue weighted by atomic mass is 19.1. The number of aromatic nitrogens is 1. The molecule has 0 bridgehead atoms. The molecule has 2 unspecified atom stereocenters. The summed E-state index contributed by atoms with van der Waals surface area (Å²) in [6.45, 7) is 2.56. The number of benzene rings is 1. The Morgan fingerprint density at radius 3 is 2.70 bits per heavy atom. The maximum atomic E-state index is 14.2. The van der Waals surface area contributed by atoms with Gasteiger partial charge in [0.25, 0.3) is 0 Å². The van der Waals surface area contributed by atoms with Crippen LogP contribution in [0.5, 0.6) is 0 Å². The number of carboxylic acids is 1. The zero-order valence-electron chi connectivity index (χ0n) is 13.4. The first-order valence-electron chi connectivity index (χ1n) is 8.61. The summed E-state index contributed by atoms with van der Waals surface area (Å²) in [6, 6.07) is 5.45. The van der Waals surface area contributed by atoms with Gasteiger partial charge < -0.3 is 9.67 Å². The Morgan fingerprint density at radius 2 is 2.00 bits per heavy atom. The summed E-state index contributed by atoms with van der Waals surface area (Å²) >= 11 is 0. The third-order valence-corrected chi connectivity index (χ3v) is 5.88. The Morgan fingerprint density at radius 1 is 1.26 bits per heavy atom. The summed E-state index contributed by atoms with van der Waals surface area (Å²) in [5, 5.41) is 10.5. The fourth-order valence-corrected chi connectivity index (χ4v) is 4.60. The van der Waals surface area contributed by atoms with Gasteiger partial charge in [-0.15, -0.1) is 0 Å². The summed E-state index contributed by atoms with van der Waals surface area (Å²) in [6.07, 6.45) is 5.53. The summed E-state index contributed by atoms with van der Waals surface area (Å²) in [5.41, 5.74) is 3.14. The quantitative estimate of drug-likeness (QED) is 0.896. The lowest BCUT2D eigenvalue weighted by molar-refractivity contribution is -0.141. The van der Waals surface area contributed by atoms with Crippen LogP contribution in [-0.2, 0) is 11.3 Å². The summed E-state index contributed by atoms with van der Waals surface area (Å²) < 4.78 is 16.3. The van der Waals surface area contributed by atoms with Crippen molar-refractivity contribution in [3.63, 3.8) is 0 Å². The van der Waals surface area contributed by atoms with Crippen LogP contribution < -0.4 is 0 Å². The van der Waals surface area contributed by atoms with Gasteiger partial charge in [0.05, 0.1) is 11.4 Å². The highest BCUT2D eigenvalue weighted by molar-refractivity contribution is 5.86. The predicted octanol–water partition coefficient (Wildman–Crippen LogP) is 4.65. The number of halogens is 1. The summed E-state index contributed by atoms with van der Waals surface area (Å²) in [4.78, 5) is 11.4. The van der Waals surface area contributed by atoms with Crippen LogP contribution >= 0.6 is 0 Å². The van der Waals surface area contributed by atoms with Gasteiger partial charge in [-0.2, -0.15) is 0 Å². The van der Waals surface area contributed by atoms with Crippen molar-refractivity contribution in [1.29, 1.82) is 0 Å². The number of hydrogen-bond donors (Lipinski definition) is 1. The Kier molecular flexibility index (Phi) is 3.43. The van der Waals surface area contributed by atoms with Crippen molar-refractivity contribution >= 4 is 16.9 Å². The van der Waals surface area contributed by atoms with Gasteiger partial charge in [0.1, 0.15) is 5.82 Å². The molecule has 1 aliphatic heterocycles. The molecule has 1 N–H and O–H groups in total. The van der Waals surface area contributed by atoms with E-state index in [1.54, 1.807) is 19.1 Å². The predicted molar refractivity (Wildman–Crippen MR) is 87.3 cm³/mol. The molecular formula is C19H22FNO2. The minimum absolute atomic E-state index is 0.0272. The van der Waals surface area contributed by atoms with Gasteiger partial charge in [-0.3, -0.25) is 4.79 Å². The van der Waals surface area contributed by atoms with Crippen molar-refractivity contribution in [2.45, 2.75) is 57.4 Å². The van der Waals surface area contributed by atoms with Crippen LogP contribution in [0.25, 0.3) is 10.9 Å². The minimum atomic E-state index is -0.754. The highest BCUT2D eigenvalue weighted by Crippen LogP contribution is 2.43. The van der Waals surface area contributed by atoms with Gasteiger partial charge in [-0.05, 0) is 48.9 Å². The lowest BCUT2D eigenvalue weighted by Gasteiger charge is -2.14.